The predicted molar refractivity (Wildman–Crippen MR) is 293 cm³/mol. The first-order chi connectivity index (χ1) is 32.7. The fourth-order valence-corrected chi connectivity index (χ4v) is 9.73. The van der Waals surface area contributed by atoms with Crippen LogP contribution >= 0.6 is 0 Å². The predicted octanol–water partition coefficient (Wildman–Crippen LogP) is 17.7. The van der Waals surface area contributed by atoms with Crippen LogP contribution in [0, 0.1) is 0 Å². The molecule has 7 aromatic carbocycles. The van der Waals surface area contributed by atoms with Gasteiger partial charge >= 0.3 is 0 Å². The number of nitrogens with zero attached hydrogens (tertiary/aromatic N) is 4. The number of hydrogen-bond donors (Lipinski definition) is 0. The average molecular weight is 907 g/mol. The molecule has 0 aliphatic carbocycles. The summed E-state index contributed by atoms with van der Waals surface area (Å²) in [6.45, 7) is 28.1. The van der Waals surface area contributed by atoms with Crippen LogP contribution in [0.2, 0.25) is 0 Å². The average Bonchev–Trinajstić information content (AvgIpc) is 3.86. The molecule has 69 heavy (non-hydrogen) atoms. The Morgan fingerprint density at radius 1 is 0.406 bits per heavy atom. The molecule has 0 N–H and O–H groups in total. The van der Waals surface area contributed by atoms with E-state index in [0.29, 0.717) is 6.67 Å². The molecule has 0 bridgehead atoms. The second-order valence-electron chi connectivity index (χ2n) is 23.1. The fourth-order valence-electron chi connectivity index (χ4n) is 9.73. The molecule has 1 aliphatic rings. The van der Waals surface area contributed by atoms with Gasteiger partial charge in [-0.1, -0.05) is 168 Å². The van der Waals surface area contributed by atoms with Crippen LogP contribution in [-0.4, -0.2) is 16.2 Å². The number of benzene rings is 7. The molecule has 0 fully saturated rings. The second kappa shape index (κ2) is 16.8. The van der Waals surface area contributed by atoms with E-state index in [0.717, 1.165) is 45.1 Å². The Morgan fingerprint density at radius 3 is 1.72 bits per heavy atom. The minimum atomic E-state index is -0.0424. The number of rotatable bonds is 7. The normalized spacial score (nSPS) is 13.4. The lowest BCUT2D eigenvalue weighted by Crippen LogP contribution is -2.25. The Hall–Kier alpha value is -7.11. The third kappa shape index (κ3) is 8.80. The number of aromatic nitrogens is 2. The maximum atomic E-state index is 6.89. The first kappa shape index (κ1) is 45.7. The molecule has 0 saturated carbocycles. The van der Waals surface area contributed by atoms with E-state index in [1.807, 2.05) is 6.20 Å². The van der Waals surface area contributed by atoms with Crippen LogP contribution in [-0.2, 0) is 21.7 Å². The number of hydrogen-bond acceptors (Lipinski definition) is 4. The van der Waals surface area contributed by atoms with Crippen molar-refractivity contribution in [3.63, 3.8) is 0 Å². The fraction of sp³-hybridized carbons (Fsp3) is 0.266. The summed E-state index contributed by atoms with van der Waals surface area (Å²) in [7, 11) is 0. The van der Waals surface area contributed by atoms with E-state index in [1.165, 1.54) is 61.3 Å². The Bertz CT molecular complexity index is 3350. The zero-order chi connectivity index (χ0) is 48.6. The van der Waals surface area contributed by atoms with Crippen molar-refractivity contribution in [2.24, 2.45) is 0 Å². The number of pyridine rings is 1. The molecule has 0 saturated heterocycles. The topological polar surface area (TPSA) is 33.5 Å². The third-order valence-electron chi connectivity index (χ3n) is 13.9. The lowest BCUT2D eigenvalue weighted by Gasteiger charge is -2.27. The summed E-state index contributed by atoms with van der Waals surface area (Å²) < 4.78 is 9.20. The van der Waals surface area contributed by atoms with E-state index in [9.17, 15) is 0 Å². The number of anilines is 4. The van der Waals surface area contributed by atoms with Crippen molar-refractivity contribution in [1.82, 2.24) is 9.55 Å². The van der Waals surface area contributed by atoms with Crippen LogP contribution in [0.4, 0.5) is 22.7 Å². The van der Waals surface area contributed by atoms with Crippen molar-refractivity contribution >= 4 is 44.6 Å². The first-order valence-corrected chi connectivity index (χ1v) is 24.5. The molecule has 0 amide bonds. The highest BCUT2D eigenvalue weighted by Crippen LogP contribution is 2.48. The van der Waals surface area contributed by atoms with Crippen LogP contribution in [0.25, 0.3) is 49.9 Å². The van der Waals surface area contributed by atoms with E-state index < -0.39 is 0 Å². The monoisotopic (exact) mass is 907 g/mol. The van der Waals surface area contributed by atoms with Gasteiger partial charge in [0.05, 0.1) is 28.1 Å². The van der Waals surface area contributed by atoms with Gasteiger partial charge in [-0.3, -0.25) is 4.57 Å². The zero-order valence-electron chi connectivity index (χ0n) is 42.6. The highest BCUT2D eigenvalue weighted by molar-refractivity contribution is 6.11. The van der Waals surface area contributed by atoms with E-state index in [4.69, 9.17) is 9.72 Å². The second-order valence-corrected chi connectivity index (χ2v) is 23.1. The molecule has 0 spiro atoms. The first-order valence-electron chi connectivity index (χ1n) is 24.5. The van der Waals surface area contributed by atoms with Crippen molar-refractivity contribution in [2.75, 3.05) is 16.5 Å². The molecule has 1 aliphatic heterocycles. The van der Waals surface area contributed by atoms with E-state index in [-0.39, 0.29) is 21.7 Å². The smallest absolute Gasteiger partial charge is 0.137 e. The minimum absolute atomic E-state index is 0.00300. The molecule has 5 nitrogen and oxygen atoms in total. The number of fused-ring (bicyclic) bond motifs is 4. The van der Waals surface area contributed by atoms with Crippen LogP contribution in [0.15, 0.2) is 170 Å². The molecule has 0 unspecified atom stereocenters. The molecule has 10 rings (SSSR count). The summed E-state index contributed by atoms with van der Waals surface area (Å²) >= 11 is 0. The van der Waals surface area contributed by atoms with Gasteiger partial charge in [0.2, 0.25) is 0 Å². The summed E-state index contributed by atoms with van der Waals surface area (Å²) in [4.78, 5) is 9.88. The molecule has 2 aromatic heterocycles. The Labute approximate surface area is 410 Å². The Kier molecular flexibility index (Phi) is 11.1. The Morgan fingerprint density at radius 2 is 1.04 bits per heavy atom. The van der Waals surface area contributed by atoms with Crippen molar-refractivity contribution in [2.45, 2.75) is 105 Å². The van der Waals surface area contributed by atoms with Crippen LogP contribution in [0.5, 0.6) is 11.5 Å². The van der Waals surface area contributed by atoms with Crippen molar-refractivity contribution < 1.29 is 4.74 Å². The summed E-state index contributed by atoms with van der Waals surface area (Å²) in [6.07, 6.45) is 1.95. The maximum Gasteiger partial charge on any atom is 0.137 e. The molecule has 0 radical (unpaired) electrons. The summed E-state index contributed by atoms with van der Waals surface area (Å²) in [6, 6.07) is 60.0. The van der Waals surface area contributed by atoms with E-state index >= 15 is 0 Å². The summed E-state index contributed by atoms with van der Waals surface area (Å²) in [5.74, 6) is 2.42. The molecule has 9 aromatic rings. The molecular formula is C64H66N4O. The van der Waals surface area contributed by atoms with Crippen LogP contribution in [0.3, 0.4) is 0 Å². The number of ether oxygens (including phenoxy) is 1. The van der Waals surface area contributed by atoms with Gasteiger partial charge in [0.1, 0.15) is 24.0 Å². The number of para-hydroxylation sites is 2. The van der Waals surface area contributed by atoms with Gasteiger partial charge in [0.25, 0.3) is 0 Å². The van der Waals surface area contributed by atoms with E-state index in [1.54, 1.807) is 0 Å². The lowest BCUT2D eigenvalue weighted by molar-refractivity contribution is 0.483. The molecular weight excluding hydrogens is 841 g/mol. The molecule has 0 atom stereocenters. The SMILES string of the molecule is CC(C)(C)c1cc(-c2ccc3c(c2)c2ccc(Oc4cccc(N5CN(c6cc(C(C)(C)C)ccc6-c6ccccc6)c6ccccc65)c4)cc2n3-c2cc(C(C)(C)C)ccn2)cc(C(C)(C)C)c1. The lowest BCUT2D eigenvalue weighted by atomic mass is 9.79. The quantitative estimate of drug-likeness (QED) is 0.160. The standard InChI is InChI=1S/C64H66N4O/c1-61(2,3)45-26-28-52(42-19-14-13-15-20-42)58(37-45)67-41-66(56-23-16-17-24-57(56)67)49-21-18-22-50(39-49)69-51-27-29-53-54-35-43(44-33-47(63(7,8)9)36-48(34-44)64(10,11)12)25-30-55(54)68(59(53)40-51)60-38-46(31-32-65-60)62(4,5)6/h13-40H,41H2,1-12H3. The third-order valence-corrected chi connectivity index (χ3v) is 13.9. The largest absolute Gasteiger partial charge is 0.457 e. The van der Waals surface area contributed by atoms with Crippen molar-refractivity contribution in [3.8, 4) is 39.6 Å². The molecule has 3 heterocycles. The molecule has 348 valence electrons. The maximum absolute atomic E-state index is 6.89. The van der Waals surface area contributed by atoms with E-state index in [2.05, 4.69) is 261 Å². The highest BCUT2D eigenvalue weighted by atomic mass is 16.5. The van der Waals surface area contributed by atoms with Gasteiger partial charge in [-0.05, 0) is 127 Å². The van der Waals surface area contributed by atoms with Gasteiger partial charge in [0, 0.05) is 40.4 Å². The van der Waals surface area contributed by atoms with Crippen molar-refractivity contribution in [3.05, 3.63) is 192 Å². The highest BCUT2D eigenvalue weighted by Gasteiger charge is 2.31. The summed E-state index contributed by atoms with van der Waals surface area (Å²) in [5.41, 5.74) is 16.8. The van der Waals surface area contributed by atoms with Gasteiger partial charge in [-0.25, -0.2) is 4.98 Å². The summed E-state index contributed by atoms with van der Waals surface area (Å²) in [5, 5.41) is 2.33. The van der Waals surface area contributed by atoms with Crippen LogP contribution < -0.4 is 14.5 Å². The van der Waals surface area contributed by atoms with Crippen LogP contribution in [0.1, 0.15) is 105 Å². The van der Waals surface area contributed by atoms with Crippen molar-refractivity contribution in [1.29, 1.82) is 0 Å². The van der Waals surface area contributed by atoms with Gasteiger partial charge in [-0.2, -0.15) is 0 Å². The minimum Gasteiger partial charge on any atom is -0.457 e. The van der Waals surface area contributed by atoms with Gasteiger partial charge < -0.3 is 14.5 Å². The Balaban J connectivity index is 1.05. The van der Waals surface area contributed by atoms with Gasteiger partial charge in [-0.15, -0.1) is 0 Å². The zero-order valence-corrected chi connectivity index (χ0v) is 42.6. The van der Waals surface area contributed by atoms with Gasteiger partial charge in [0.15, 0.2) is 0 Å². The molecule has 5 heteroatoms.